The number of rotatable bonds is 8. The van der Waals surface area contributed by atoms with Gasteiger partial charge in [-0.2, -0.15) is 0 Å². The van der Waals surface area contributed by atoms with E-state index in [1.165, 1.54) is 12.1 Å². The molecule has 0 aliphatic rings. The molecule has 0 N–H and O–H groups in total. The summed E-state index contributed by atoms with van der Waals surface area (Å²) in [6.45, 7) is 5.55. The van der Waals surface area contributed by atoms with Gasteiger partial charge in [0.15, 0.2) is 6.10 Å². The van der Waals surface area contributed by atoms with Gasteiger partial charge in [0.05, 0.1) is 21.6 Å². The minimum atomic E-state index is -2.96. The van der Waals surface area contributed by atoms with E-state index in [4.69, 9.17) is 4.74 Å². The monoisotopic (exact) mass is 406 g/mol. The number of ether oxygens (including phenoxy) is 1. The minimum absolute atomic E-state index is 0.111. The van der Waals surface area contributed by atoms with Crippen LogP contribution >= 0.6 is 0 Å². The van der Waals surface area contributed by atoms with Crippen LogP contribution in [0.3, 0.4) is 0 Å². The molecule has 0 amide bonds. The van der Waals surface area contributed by atoms with Gasteiger partial charge in [-0.05, 0) is 51.5 Å². The summed E-state index contributed by atoms with van der Waals surface area (Å²) < 4.78 is 46.0. The van der Waals surface area contributed by atoms with E-state index in [1.807, 2.05) is 20.8 Å². The fourth-order valence-corrected chi connectivity index (χ4v) is 4.04. The molecular weight excluding hydrogens is 382 g/mol. The molecule has 2 rings (SSSR count). The van der Waals surface area contributed by atoms with Gasteiger partial charge in [0.2, 0.25) is 0 Å². The maximum absolute atomic E-state index is 13.9. The fourth-order valence-electron chi connectivity index (χ4n) is 2.60. The Kier molecular flexibility index (Phi) is 8.05. The SMILES string of the molecule is CC(C)=CC[C@@H]([C@H](OC(=O)c1ccccc1)C(F)F)[S@@](=O)c1ccc(C)cc1. The Hall–Kier alpha value is -2.34. The highest BCUT2D eigenvalue weighted by Crippen LogP contribution is 2.25. The number of aryl methyl sites for hydroxylation is 1. The van der Waals surface area contributed by atoms with Crippen LogP contribution in [-0.2, 0) is 15.5 Å². The van der Waals surface area contributed by atoms with Crippen molar-refractivity contribution in [2.75, 3.05) is 0 Å². The van der Waals surface area contributed by atoms with Crippen molar-refractivity contribution in [2.24, 2.45) is 0 Å². The minimum Gasteiger partial charge on any atom is -0.451 e. The third-order valence-electron chi connectivity index (χ3n) is 4.15. The lowest BCUT2D eigenvalue weighted by molar-refractivity contribution is -0.0340. The van der Waals surface area contributed by atoms with Gasteiger partial charge in [-0.3, -0.25) is 4.21 Å². The number of halogens is 2. The predicted octanol–water partition coefficient (Wildman–Crippen LogP) is 5.32. The summed E-state index contributed by atoms with van der Waals surface area (Å²) in [5.41, 5.74) is 2.06. The van der Waals surface area contributed by atoms with Gasteiger partial charge >= 0.3 is 5.97 Å². The summed E-state index contributed by atoms with van der Waals surface area (Å²) in [7, 11) is -1.77. The molecule has 150 valence electrons. The quantitative estimate of drug-likeness (QED) is 0.440. The van der Waals surface area contributed by atoms with Crippen molar-refractivity contribution in [1.29, 1.82) is 0 Å². The Balaban J connectivity index is 2.33. The van der Waals surface area contributed by atoms with E-state index in [2.05, 4.69) is 0 Å². The molecule has 3 nitrogen and oxygen atoms in total. The molecule has 0 saturated carbocycles. The molecule has 0 aliphatic carbocycles. The zero-order chi connectivity index (χ0) is 20.7. The highest BCUT2D eigenvalue weighted by atomic mass is 32.2. The Morgan fingerprint density at radius 1 is 1.07 bits per heavy atom. The number of carbonyl (C=O) groups excluding carboxylic acids is 1. The number of esters is 1. The highest BCUT2D eigenvalue weighted by molar-refractivity contribution is 7.85. The average Bonchev–Trinajstić information content (AvgIpc) is 2.67. The molecule has 0 aromatic heterocycles. The molecule has 3 atom stereocenters. The van der Waals surface area contributed by atoms with E-state index >= 15 is 0 Å². The van der Waals surface area contributed by atoms with Crippen LogP contribution in [0, 0.1) is 6.92 Å². The van der Waals surface area contributed by atoms with Gasteiger partial charge < -0.3 is 4.74 Å². The van der Waals surface area contributed by atoms with Crippen molar-refractivity contribution in [1.82, 2.24) is 0 Å². The molecule has 6 heteroatoms. The molecule has 2 aromatic rings. The van der Waals surface area contributed by atoms with E-state index in [-0.39, 0.29) is 12.0 Å². The second kappa shape index (κ2) is 10.3. The smallest absolute Gasteiger partial charge is 0.338 e. The van der Waals surface area contributed by atoms with Gasteiger partial charge in [0.25, 0.3) is 6.43 Å². The fraction of sp³-hybridized carbons (Fsp3) is 0.318. The number of allylic oxidation sites excluding steroid dienone is 2. The van der Waals surface area contributed by atoms with Gasteiger partial charge in [0, 0.05) is 4.90 Å². The van der Waals surface area contributed by atoms with Crippen molar-refractivity contribution in [3.8, 4) is 0 Å². The Bertz CT molecular complexity index is 829. The second-order valence-corrected chi connectivity index (χ2v) is 8.41. The topological polar surface area (TPSA) is 43.4 Å². The predicted molar refractivity (Wildman–Crippen MR) is 107 cm³/mol. The van der Waals surface area contributed by atoms with Crippen LogP contribution in [0.4, 0.5) is 8.78 Å². The number of carbonyl (C=O) groups is 1. The number of hydrogen-bond acceptors (Lipinski definition) is 3. The highest BCUT2D eigenvalue weighted by Gasteiger charge is 2.37. The van der Waals surface area contributed by atoms with Crippen molar-refractivity contribution >= 4 is 16.8 Å². The third-order valence-corrected chi connectivity index (χ3v) is 5.90. The standard InChI is InChI=1S/C22H24F2O3S/c1-15(2)9-14-19(28(26)18-12-10-16(3)11-13-18)20(21(23)24)27-22(25)17-7-5-4-6-8-17/h4-13,19-21H,14H2,1-3H3/t19-,20-,28-/m0/s1. The third kappa shape index (κ3) is 6.09. The van der Waals surface area contributed by atoms with Crippen LogP contribution in [0.25, 0.3) is 0 Å². The van der Waals surface area contributed by atoms with Gasteiger partial charge in [0.1, 0.15) is 0 Å². The number of alkyl halides is 2. The van der Waals surface area contributed by atoms with Crippen molar-refractivity contribution < 1.29 is 22.5 Å². The molecule has 0 heterocycles. The Labute approximate surface area is 166 Å². The Morgan fingerprint density at radius 2 is 1.68 bits per heavy atom. The van der Waals surface area contributed by atoms with Crippen molar-refractivity contribution in [3.05, 3.63) is 77.4 Å². The summed E-state index contributed by atoms with van der Waals surface area (Å²) in [6.07, 6.45) is -2.90. The van der Waals surface area contributed by atoms with Crippen LogP contribution in [0.2, 0.25) is 0 Å². The van der Waals surface area contributed by atoms with Crippen molar-refractivity contribution in [3.63, 3.8) is 0 Å². The molecule has 0 aliphatic heterocycles. The first-order valence-electron chi connectivity index (χ1n) is 8.94. The van der Waals surface area contributed by atoms with Crippen LogP contribution in [0.15, 0.2) is 71.1 Å². The van der Waals surface area contributed by atoms with E-state index in [0.29, 0.717) is 4.90 Å². The van der Waals surface area contributed by atoms with E-state index in [9.17, 15) is 17.8 Å². The van der Waals surface area contributed by atoms with Gasteiger partial charge in [-0.25, -0.2) is 13.6 Å². The summed E-state index contributed by atoms with van der Waals surface area (Å²) in [6, 6.07) is 14.8. The number of benzene rings is 2. The molecular formula is C22H24F2O3S. The van der Waals surface area contributed by atoms with Gasteiger partial charge in [-0.1, -0.05) is 47.5 Å². The first-order valence-corrected chi connectivity index (χ1v) is 10.2. The lowest BCUT2D eigenvalue weighted by atomic mass is 10.1. The molecule has 0 fully saturated rings. The largest absolute Gasteiger partial charge is 0.451 e. The molecule has 0 unspecified atom stereocenters. The van der Waals surface area contributed by atoms with E-state index in [0.717, 1.165) is 11.1 Å². The number of hydrogen-bond donors (Lipinski definition) is 0. The van der Waals surface area contributed by atoms with Crippen LogP contribution in [-0.4, -0.2) is 28.0 Å². The van der Waals surface area contributed by atoms with Crippen LogP contribution in [0.5, 0.6) is 0 Å². The maximum Gasteiger partial charge on any atom is 0.338 e. The first-order chi connectivity index (χ1) is 13.3. The normalized spacial score (nSPS) is 14.2. The maximum atomic E-state index is 13.9. The van der Waals surface area contributed by atoms with E-state index < -0.39 is 34.5 Å². The summed E-state index contributed by atoms with van der Waals surface area (Å²) in [5.74, 6) is -0.853. The summed E-state index contributed by atoms with van der Waals surface area (Å²) in [5, 5.41) is -1.06. The Morgan fingerprint density at radius 3 is 2.21 bits per heavy atom. The molecule has 2 aromatic carbocycles. The summed E-state index contributed by atoms with van der Waals surface area (Å²) >= 11 is 0. The van der Waals surface area contributed by atoms with Gasteiger partial charge in [-0.15, -0.1) is 0 Å². The summed E-state index contributed by atoms with van der Waals surface area (Å²) in [4.78, 5) is 12.8. The molecule has 0 saturated heterocycles. The van der Waals surface area contributed by atoms with Crippen molar-refractivity contribution in [2.45, 2.75) is 49.9 Å². The zero-order valence-corrected chi connectivity index (χ0v) is 16.9. The lowest BCUT2D eigenvalue weighted by Gasteiger charge is -2.25. The molecule has 28 heavy (non-hydrogen) atoms. The average molecular weight is 406 g/mol. The molecule has 0 bridgehead atoms. The lowest BCUT2D eigenvalue weighted by Crippen LogP contribution is -2.40. The molecule has 0 radical (unpaired) electrons. The second-order valence-electron chi connectivity index (χ2n) is 6.74. The first kappa shape index (κ1) is 22.0. The zero-order valence-electron chi connectivity index (χ0n) is 16.1. The van der Waals surface area contributed by atoms with E-state index in [1.54, 1.807) is 48.5 Å². The van der Waals surface area contributed by atoms with Crippen LogP contribution < -0.4 is 0 Å². The molecule has 0 spiro atoms. The van der Waals surface area contributed by atoms with Crippen LogP contribution in [0.1, 0.15) is 36.2 Å².